The zero-order valence-electron chi connectivity index (χ0n) is 13.2. The van der Waals surface area contributed by atoms with E-state index in [4.69, 9.17) is 10.5 Å². The summed E-state index contributed by atoms with van der Waals surface area (Å²) in [4.78, 5) is 23.4. The van der Waals surface area contributed by atoms with Gasteiger partial charge in [-0.25, -0.2) is 4.79 Å². The molecule has 5 heteroatoms. The number of hydrogen-bond donors (Lipinski definition) is 1. The van der Waals surface area contributed by atoms with Crippen molar-refractivity contribution >= 4 is 11.9 Å². The molecule has 1 amide bonds. The minimum Gasteiger partial charge on any atom is -0.457 e. The average Bonchev–Trinajstić information content (AvgIpc) is 2.58. The Kier molecular flexibility index (Phi) is 4.79. The molecule has 2 aromatic carbocycles. The summed E-state index contributed by atoms with van der Waals surface area (Å²) in [6.07, 6.45) is 0.887. The maximum absolute atomic E-state index is 12.8. The van der Waals surface area contributed by atoms with E-state index in [0.717, 1.165) is 22.6 Å². The van der Waals surface area contributed by atoms with Crippen LogP contribution in [0.25, 0.3) is 0 Å². The van der Waals surface area contributed by atoms with Gasteiger partial charge in [0.1, 0.15) is 17.3 Å². The van der Waals surface area contributed by atoms with Gasteiger partial charge in [-0.2, -0.15) is 0 Å². The lowest BCUT2D eigenvalue weighted by Crippen LogP contribution is -2.19. The Labute approximate surface area is 140 Å². The van der Waals surface area contributed by atoms with E-state index in [1.807, 2.05) is 48.5 Å². The number of ketones is 1. The van der Waals surface area contributed by atoms with Crippen LogP contribution in [0.3, 0.4) is 0 Å². The van der Waals surface area contributed by atoms with Crippen molar-refractivity contribution in [3.63, 3.8) is 0 Å². The Morgan fingerprint density at radius 2 is 1.54 bits per heavy atom. The van der Waals surface area contributed by atoms with Gasteiger partial charge in [-0.15, -0.1) is 0 Å². The van der Waals surface area contributed by atoms with E-state index in [-0.39, 0.29) is 18.3 Å². The van der Waals surface area contributed by atoms with Crippen LogP contribution in [0.15, 0.2) is 48.5 Å². The fourth-order valence-electron chi connectivity index (χ4n) is 2.98. The maximum Gasteiger partial charge on any atom is 0.404 e. The minimum atomic E-state index is -0.784. The summed E-state index contributed by atoms with van der Waals surface area (Å²) in [6, 6.07) is 15.3. The summed E-state index contributed by atoms with van der Waals surface area (Å²) < 4.78 is 10.6. The number of nitrogens with two attached hydrogens (primary N) is 1. The SMILES string of the molecule is NC(=O)OCCCCC(=O)C1c2ccccc2Oc2ccccc21. The maximum atomic E-state index is 12.8. The molecule has 0 atom stereocenters. The molecule has 0 fully saturated rings. The molecule has 0 aliphatic carbocycles. The van der Waals surface area contributed by atoms with Crippen molar-refractivity contribution in [2.45, 2.75) is 25.2 Å². The van der Waals surface area contributed by atoms with Gasteiger partial charge in [0.05, 0.1) is 12.5 Å². The average molecular weight is 325 g/mol. The van der Waals surface area contributed by atoms with Crippen LogP contribution in [0.1, 0.15) is 36.3 Å². The molecule has 1 aliphatic heterocycles. The predicted octanol–water partition coefficient (Wildman–Crippen LogP) is 3.76. The molecular formula is C19H19NO4. The second-order valence-electron chi connectivity index (χ2n) is 5.70. The Balaban J connectivity index is 1.74. The molecule has 2 N–H and O–H groups in total. The predicted molar refractivity (Wildman–Crippen MR) is 89.2 cm³/mol. The largest absolute Gasteiger partial charge is 0.457 e. The van der Waals surface area contributed by atoms with E-state index >= 15 is 0 Å². The summed E-state index contributed by atoms with van der Waals surface area (Å²) >= 11 is 0. The van der Waals surface area contributed by atoms with Gasteiger partial charge in [0.2, 0.25) is 0 Å². The summed E-state index contributed by atoms with van der Waals surface area (Å²) in [7, 11) is 0. The van der Waals surface area contributed by atoms with Crippen LogP contribution in [-0.4, -0.2) is 18.5 Å². The van der Waals surface area contributed by atoms with Crippen LogP contribution in [0.4, 0.5) is 4.79 Å². The summed E-state index contributed by atoms with van der Waals surface area (Å²) in [6.45, 7) is 0.240. The molecule has 3 rings (SSSR count). The normalized spacial score (nSPS) is 12.7. The molecule has 0 bridgehead atoms. The quantitative estimate of drug-likeness (QED) is 0.820. The van der Waals surface area contributed by atoms with Crippen molar-refractivity contribution in [3.05, 3.63) is 59.7 Å². The van der Waals surface area contributed by atoms with Crippen LogP contribution >= 0.6 is 0 Å². The topological polar surface area (TPSA) is 78.6 Å². The molecule has 124 valence electrons. The molecule has 0 aromatic heterocycles. The molecule has 0 spiro atoms. The van der Waals surface area contributed by atoms with Gasteiger partial charge in [0, 0.05) is 17.5 Å². The Hall–Kier alpha value is -2.82. The molecule has 2 aromatic rings. The van der Waals surface area contributed by atoms with E-state index in [2.05, 4.69) is 4.74 Å². The van der Waals surface area contributed by atoms with Crippen molar-refractivity contribution in [1.82, 2.24) is 0 Å². The molecule has 0 unspecified atom stereocenters. The fourth-order valence-corrected chi connectivity index (χ4v) is 2.98. The van der Waals surface area contributed by atoms with Gasteiger partial charge in [-0.05, 0) is 25.0 Å². The smallest absolute Gasteiger partial charge is 0.404 e. The zero-order chi connectivity index (χ0) is 16.9. The third kappa shape index (κ3) is 3.40. The Bertz CT molecular complexity index is 711. The minimum absolute atomic E-state index is 0.136. The first-order valence-corrected chi connectivity index (χ1v) is 7.97. The number of amides is 1. The second-order valence-corrected chi connectivity index (χ2v) is 5.70. The Morgan fingerprint density at radius 3 is 2.12 bits per heavy atom. The molecule has 24 heavy (non-hydrogen) atoms. The van der Waals surface area contributed by atoms with Crippen LogP contribution in [-0.2, 0) is 9.53 Å². The highest BCUT2D eigenvalue weighted by Gasteiger charge is 2.31. The van der Waals surface area contributed by atoms with Crippen molar-refractivity contribution in [2.75, 3.05) is 6.61 Å². The first-order chi connectivity index (χ1) is 11.7. The van der Waals surface area contributed by atoms with Gasteiger partial charge in [0.15, 0.2) is 0 Å². The van der Waals surface area contributed by atoms with Gasteiger partial charge < -0.3 is 15.2 Å². The number of Topliss-reactive ketones (excluding diaryl/α,β-unsaturated/α-hetero) is 1. The first-order valence-electron chi connectivity index (χ1n) is 7.97. The van der Waals surface area contributed by atoms with Crippen molar-refractivity contribution in [2.24, 2.45) is 5.73 Å². The van der Waals surface area contributed by atoms with E-state index in [1.54, 1.807) is 0 Å². The van der Waals surface area contributed by atoms with Crippen molar-refractivity contribution in [3.8, 4) is 11.5 Å². The number of primary amides is 1. The second kappa shape index (κ2) is 7.17. The molecule has 1 aliphatic rings. The zero-order valence-corrected chi connectivity index (χ0v) is 13.2. The highest BCUT2D eigenvalue weighted by Crippen LogP contribution is 2.44. The van der Waals surface area contributed by atoms with Crippen molar-refractivity contribution in [1.29, 1.82) is 0 Å². The van der Waals surface area contributed by atoms with Crippen LogP contribution in [0.5, 0.6) is 11.5 Å². The molecule has 1 heterocycles. The van der Waals surface area contributed by atoms with E-state index in [9.17, 15) is 9.59 Å². The van der Waals surface area contributed by atoms with Crippen molar-refractivity contribution < 1.29 is 19.1 Å². The number of fused-ring (bicyclic) bond motifs is 2. The standard InChI is InChI=1S/C19H19NO4/c20-19(22)23-12-6-5-9-15(21)18-13-7-1-3-10-16(13)24-17-11-4-2-8-14(17)18/h1-4,7-8,10-11,18H,5-6,9,12H2,(H2,20,22). The number of benzene rings is 2. The van der Waals surface area contributed by atoms with Gasteiger partial charge in [0.25, 0.3) is 0 Å². The van der Waals surface area contributed by atoms with E-state index in [0.29, 0.717) is 19.3 Å². The lowest BCUT2D eigenvalue weighted by atomic mass is 9.83. The van der Waals surface area contributed by atoms with E-state index < -0.39 is 6.09 Å². The lowest BCUT2D eigenvalue weighted by molar-refractivity contribution is -0.119. The summed E-state index contributed by atoms with van der Waals surface area (Å²) in [5.41, 5.74) is 6.71. The third-order valence-corrected chi connectivity index (χ3v) is 4.06. The number of rotatable bonds is 6. The number of carbonyl (C=O) groups is 2. The molecule has 0 saturated carbocycles. The lowest BCUT2D eigenvalue weighted by Gasteiger charge is -2.27. The van der Waals surface area contributed by atoms with Gasteiger partial charge in [-0.3, -0.25) is 4.79 Å². The fraction of sp³-hybridized carbons (Fsp3) is 0.263. The Morgan fingerprint density at radius 1 is 0.958 bits per heavy atom. The third-order valence-electron chi connectivity index (χ3n) is 4.06. The van der Waals surface area contributed by atoms with Crippen LogP contribution in [0.2, 0.25) is 0 Å². The highest BCUT2D eigenvalue weighted by atomic mass is 16.5. The summed E-state index contributed by atoms with van der Waals surface area (Å²) in [5, 5.41) is 0. The molecule has 0 radical (unpaired) electrons. The molecular weight excluding hydrogens is 306 g/mol. The van der Waals surface area contributed by atoms with Crippen LogP contribution in [0, 0.1) is 0 Å². The number of unbranched alkanes of at least 4 members (excludes halogenated alkanes) is 1. The molecule has 0 saturated heterocycles. The number of carbonyl (C=O) groups excluding carboxylic acids is 2. The summed E-state index contributed by atoms with van der Waals surface area (Å²) in [5.74, 6) is 1.28. The molecule has 5 nitrogen and oxygen atoms in total. The van der Waals surface area contributed by atoms with E-state index in [1.165, 1.54) is 0 Å². The highest BCUT2D eigenvalue weighted by molar-refractivity contribution is 5.91. The first kappa shape index (κ1) is 16.1. The monoisotopic (exact) mass is 325 g/mol. The van der Waals surface area contributed by atoms with Gasteiger partial charge in [-0.1, -0.05) is 36.4 Å². The number of hydrogen-bond acceptors (Lipinski definition) is 4. The number of ether oxygens (including phenoxy) is 2. The van der Waals surface area contributed by atoms with Gasteiger partial charge >= 0.3 is 6.09 Å². The van der Waals surface area contributed by atoms with Crippen LogP contribution < -0.4 is 10.5 Å². The number of para-hydroxylation sites is 2.